The fraction of sp³-hybridized carbons (Fsp3) is 0.429. The second-order valence-electron chi connectivity index (χ2n) is 2.54. The molecule has 0 aromatic heterocycles. The number of quaternary nitrogens is 1. The standard InChI is InChI=1S/C7H12N2O/c1-3-9(4-2)6-5-8(10)7-9/h3-4H,1-2,5-7H2. The second kappa shape index (κ2) is 2.54. The summed E-state index contributed by atoms with van der Waals surface area (Å²) in [6.45, 7) is 9.16. The lowest BCUT2D eigenvalue weighted by Gasteiger charge is -2.26. The van der Waals surface area contributed by atoms with Gasteiger partial charge >= 0.3 is 0 Å². The van der Waals surface area contributed by atoms with Crippen molar-refractivity contribution in [3.63, 3.8) is 0 Å². The molecule has 1 saturated heterocycles. The largest absolute Gasteiger partial charge is 0.781 e. The molecule has 1 heterocycles. The van der Waals surface area contributed by atoms with Crippen LogP contribution in [0.3, 0.4) is 0 Å². The van der Waals surface area contributed by atoms with Gasteiger partial charge in [0.05, 0.1) is 12.4 Å². The minimum atomic E-state index is 0.465. The van der Waals surface area contributed by atoms with Gasteiger partial charge in [0.15, 0.2) is 0 Å². The molecule has 1 rings (SSSR count). The lowest BCUT2D eigenvalue weighted by Crippen LogP contribution is -2.34. The Hall–Kier alpha value is -0.640. The van der Waals surface area contributed by atoms with Crippen LogP contribution in [0.5, 0.6) is 0 Å². The molecule has 1 aliphatic heterocycles. The molecular formula is C7H12N2O. The molecule has 0 amide bonds. The lowest BCUT2D eigenvalue weighted by atomic mass is 10.5. The fourth-order valence-electron chi connectivity index (χ4n) is 1.11. The van der Waals surface area contributed by atoms with Crippen molar-refractivity contribution < 1.29 is 4.48 Å². The molecule has 0 radical (unpaired) electrons. The van der Waals surface area contributed by atoms with Crippen LogP contribution in [0.25, 0.3) is 0 Å². The first kappa shape index (κ1) is 7.47. The van der Waals surface area contributed by atoms with Gasteiger partial charge in [0.25, 0.3) is 0 Å². The fourth-order valence-corrected chi connectivity index (χ4v) is 1.11. The first-order chi connectivity index (χ1) is 4.72. The van der Waals surface area contributed by atoms with E-state index in [0.717, 1.165) is 11.6 Å². The summed E-state index contributed by atoms with van der Waals surface area (Å²) in [6.07, 6.45) is 3.51. The van der Waals surface area contributed by atoms with Crippen molar-refractivity contribution in [1.82, 2.24) is 5.06 Å². The highest BCUT2D eigenvalue weighted by atomic mass is 16.5. The van der Waals surface area contributed by atoms with Crippen molar-refractivity contribution in [3.05, 3.63) is 30.8 Å². The van der Waals surface area contributed by atoms with Crippen LogP contribution in [0.4, 0.5) is 0 Å². The molecule has 0 bridgehead atoms. The Labute approximate surface area is 61.0 Å². The van der Waals surface area contributed by atoms with E-state index in [1.807, 2.05) is 0 Å². The Balaban J connectivity index is 2.68. The highest BCUT2D eigenvalue weighted by molar-refractivity contribution is 4.73. The molecule has 3 nitrogen and oxygen atoms in total. The number of hydrogen-bond acceptors (Lipinski definition) is 2. The van der Waals surface area contributed by atoms with Gasteiger partial charge in [-0.05, 0) is 13.2 Å². The summed E-state index contributed by atoms with van der Waals surface area (Å²) >= 11 is 0. The monoisotopic (exact) mass is 140 g/mol. The molecule has 1 aliphatic rings. The second-order valence-corrected chi connectivity index (χ2v) is 2.54. The van der Waals surface area contributed by atoms with E-state index in [2.05, 4.69) is 13.2 Å². The Morgan fingerprint density at radius 3 is 2.20 bits per heavy atom. The normalized spacial score (nSPS) is 24.5. The molecule has 0 saturated carbocycles. The van der Waals surface area contributed by atoms with Crippen LogP contribution in [-0.4, -0.2) is 29.3 Å². The van der Waals surface area contributed by atoms with E-state index in [1.54, 1.807) is 12.4 Å². The Bertz CT molecular complexity index is 148. The van der Waals surface area contributed by atoms with Gasteiger partial charge < -0.3 is 10.3 Å². The van der Waals surface area contributed by atoms with Crippen LogP contribution in [-0.2, 0) is 0 Å². The van der Waals surface area contributed by atoms with Gasteiger partial charge in [0.2, 0.25) is 0 Å². The summed E-state index contributed by atoms with van der Waals surface area (Å²) in [7, 11) is 0. The number of hydrogen-bond donors (Lipinski definition) is 0. The molecule has 0 aliphatic carbocycles. The Kier molecular flexibility index (Phi) is 1.89. The molecule has 0 unspecified atom stereocenters. The predicted octanol–water partition coefficient (Wildman–Crippen LogP) is 0.861. The van der Waals surface area contributed by atoms with E-state index in [0.29, 0.717) is 17.7 Å². The zero-order valence-electron chi connectivity index (χ0n) is 5.99. The maximum Gasteiger partial charge on any atom is 0.132 e. The molecule has 0 spiro atoms. The van der Waals surface area contributed by atoms with E-state index in [4.69, 9.17) is 0 Å². The van der Waals surface area contributed by atoms with Crippen molar-refractivity contribution in [2.24, 2.45) is 0 Å². The van der Waals surface area contributed by atoms with Crippen molar-refractivity contribution in [2.75, 3.05) is 19.8 Å². The third kappa shape index (κ3) is 1.11. The van der Waals surface area contributed by atoms with Crippen molar-refractivity contribution >= 4 is 0 Å². The molecule has 3 heteroatoms. The highest BCUT2D eigenvalue weighted by Gasteiger charge is 2.27. The summed E-state index contributed by atoms with van der Waals surface area (Å²) < 4.78 is 0.517. The Morgan fingerprint density at radius 2 is 2.00 bits per heavy atom. The maximum absolute atomic E-state index is 10.8. The topological polar surface area (TPSA) is 26.3 Å². The third-order valence-corrected chi connectivity index (χ3v) is 1.91. The van der Waals surface area contributed by atoms with E-state index < -0.39 is 0 Å². The van der Waals surface area contributed by atoms with E-state index in [9.17, 15) is 5.21 Å². The molecule has 0 N–H and O–H groups in total. The van der Waals surface area contributed by atoms with Crippen LogP contribution in [0, 0.1) is 5.21 Å². The zero-order valence-corrected chi connectivity index (χ0v) is 5.99. The SMILES string of the molecule is C=C[N+]1(C=C)CCN([O-])C1. The molecule has 56 valence electrons. The van der Waals surface area contributed by atoms with Crippen LogP contribution < -0.4 is 0 Å². The van der Waals surface area contributed by atoms with Crippen LogP contribution in [0.15, 0.2) is 25.6 Å². The summed E-state index contributed by atoms with van der Waals surface area (Å²) in [5, 5.41) is 11.8. The van der Waals surface area contributed by atoms with Crippen LogP contribution in [0.2, 0.25) is 0 Å². The molecular weight excluding hydrogens is 128 g/mol. The zero-order chi connectivity index (χ0) is 7.61. The smallest absolute Gasteiger partial charge is 0.132 e. The molecule has 0 aromatic rings. The first-order valence-corrected chi connectivity index (χ1v) is 3.28. The Morgan fingerprint density at radius 1 is 1.40 bits per heavy atom. The average molecular weight is 140 g/mol. The van der Waals surface area contributed by atoms with Crippen LogP contribution in [0.1, 0.15) is 0 Å². The maximum atomic E-state index is 10.8. The van der Waals surface area contributed by atoms with Crippen molar-refractivity contribution in [2.45, 2.75) is 0 Å². The average Bonchev–Trinajstić information content (AvgIpc) is 2.33. The van der Waals surface area contributed by atoms with E-state index in [-0.39, 0.29) is 0 Å². The minimum absolute atomic E-state index is 0.465. The number of hydroxylamine groups is 2. The van der Waals surface area contributed by atoms with Crippen LogP contribution >= 0.6 is 0 Å². The molecule has 0 aromatic carbocycles. The van der Waals surface area contributed by atoms with Crippen molar-refractivity contribution in [3.8, 4) is 0 Å². The summed E-state index contributed by atoms with van der Waals surface area (Å²) in [4.78, 5) is 0. The van der Waals surface area contributed by atoms with Gasteiger partial charge in [-0.2, -0.15) is 0 Å². The third-order valence-electron chi connectivity index (χ3n) is 1.91. The lowest BCUT2D eigenvalue weighted by molar-refractivity contribution is -0.818. The molecule has 1 fully saturated rings. The van der Waals surface area contributed by atoms with Crippen molar-refractivity contribution in [1.29, 1.82) is 0 Å². The quantitative estimate of drug-likeness (QED) is 0.532. The predicted molar refractivity (Wildman–Crippen MR) is 40.5 cm³/mol. The van der Waals surface area contributed by atoms with Gasteiger partial charge in [-0.3, -0.25) is 4.48 Å². The van der Waals surface area contributed by atoms with Gasteiger partial charge in [-0.25, -0.2) is 0 Å². The van der Waals surface area contributed by atoms with E-state index in [1.165, 1.54) is 0 Å². The minimum Gasteiger partial charge on any atom is -0.781 e. The van der Waals surface area contributed by atoms with E-state index >= 15 is 0 Å². The number of rotatable bonds is 2. The molecule has 10 heavy (non-hydrogen) atoms. The van der Waals surface area contributed by atoms with Gasteiger partial charge in [0.1, 0.15) is 13.2 Å². The summed E-state index contributed by atoms with van der Waals surface area (Å²) in [5.41, 5.74) is 0. The van der Waals surface area contributed by atoms with Gasteiger partial charge in [-0.1, -0.05) is 0 Å². The first-order valence-electron chi connectivity index (χ1n) is 3.28. The van der Waals surface area contributed by atoms with Gasteiger partial charge in [-0.15, -0.1) is 0 Å². The summed E-state index contributed by atoms with van der Waals surface area (Å²) in [6, 6.07) is 0. The summed E-state index contributed by atoms with van der Waals surface area (Å²) in [5.74, 6) is 0. The molecule has 0 atom stereocenters. The highest BCUT2D eigenvalue weighted by Crippen LogP contribution is 2.15. The van der Waals surface area contributed by atoms with Gasteiger partial charge in [0, 0.05) is 6.54 Å². The number of nitrogens with zero attached hydrogens (tertiary/aromatic N) is 2.